The zero-order chi connectivity index (χ0) is 25.8. The van der Waals surface area contributed by atoms with Crippen LogP contribution >= 0.6 is 15.9 Å². The molecule has 0 N–H and O–H groups in total. The van der Waals surface area contributed by atoms with Gasteiger partial charge in [-0.15, -0.1) is 0 Å². The lowest BCUT2D eigenvalue weighted by Gasteiger charge is -2.29. The molecule has 2 aromatic carbocycles. The molecule has 1 atom stereocenters. The molecule has 0 saturated carbocycles. The van der Waals surface area contributed by atoms with Gasteiger partial charge >= 0.3 is 0 Å². The Morgan fingerprint density at radius 1 is 1.03 bits per heavy atom. The average Bonchev–Trinajstić information content (AvgIpc) is 3.19. The summed E-state index contributed by atoms with van der Waals surface area (Å²) >= 11 is 3.46. The summed E-state index contributed by atoms with van der Waals surface area (Å²) in [5, 5.41) is 0.466. The largest absolute Gasteiger partial charge is 0.494 e. The van der Waals surface area contributed by atoms with Crippen molar-refractivity contribution >= 4 is 32.8 Å². The molecule has 3 aromatic rings. The van der Waals surface area contributed by atoms with Crippen LogP contribution in [0.1, 0.15) is 60.3 Å². The van der Waals surface area contributed by atoms with Gasteiger partial charge in [-0.3, -0.25) is 14.5 Å². The molecule has 1 amide bonds. The number of nitrogens with zero attached hydrogens (tertiary/aromatic N) is 2. The summed E-state index contributed by atoms with van der Waals surface area (Å²) in [5.41, 5.74) is 1.52. The van der Waals surface area contributed by atoms with Crippen molar-refractivity contribution in [1.29, 1.82) is 0 Å². The second-order valence-electron chi connectivity index (χ2n) is 9.65. The first-order chi connectivity index (χ1) is 18.1. The van der Waals surface area contributed by atoms with Crippen molar-refractivity contribution in [3.63, 3.8) is 0 Å². The highest BCUT2D eigenvalue weighted by Gasteiger charge is 2.42. The topological polar surface area (TPSA) is 72.2 Å². The Bertz CT molecular complexity index is 1320. The number of hydrogen-bond donors (Lipinski definition) is 0. The van der Waals surface area contributed by atoms with Crippen LogP contribution in [-0.4, -0.2) is 61.7 Å². The van der Waals surface area contributed by atoms with Gasteiger partial charge in [0.2, 0.25) is 5.76 Å². The smallest absolute Gasteiger partial charge is 0.290 e. The number of rotatable bonds is 10. The highest BCUT2D eigenvalue weighted by Crippen LogP contribution is 2.39. The Hall–Kier alpha value is -2.68. The standard InChI is InChI=1S/C29H33BrN2O5/c1-2-3-4-15-36-22-8-5-7-20(18-22)26-25-27(33)23-19-21(30)9-10-24(23)37-28(25)29(34)32(26)12-6-11-31-13-16-35-17-14-31/h5,7-10,18-19,26H,2-4,6,11-17H2,1H3. The number of ether oxygens (including phenoxy) is 2. The zero-order valence-electron chi connectivity index (χ0n) is 21.2. The van der Waals surface area contributed by atoms with Gasteiger partial charge in [0, 0.05) is 30.7 Å². The minimum absolute atomic E-state index is 0.144. The zero-order valence-corrected chi connectivity index (χ0v) is 22.8. The fourth-order valence-electron chi connectivity index (χ4n) is 5.18. The molecule has 2 aliphatic rings. The summed E-state index contributed by atoms with van der Waals surface area (Å²) in [7, 11) is 0. The van der Waals surface area contributed by atoms with Gasteiger partial charge in [-0.25, -0.2) is 0 Å². The quantitative estimate of drug-likeness (QED) is 0.305. The molecule has 3 heterocycles. The first-order valence-corrected chi connectivity index (χ1v) is 14.0. The molecule has 7 nitrogen and oxygen atoms in total. The van der Waals surface area contributed by atoms with Crippen LogP contribution < -0.4 is 10.2 Å². The van der Waals surface area contributed by atoms with Crippen molar-refractivity contribution < 1.29 is 18.7 Å². The van der Waals surface area contributed by atoms with E-state index in [1.807, 2.05) is 30.3 Å². The summed E-state index contributed by atoms with van der Waals surface area (Å²) in [6.45, 7) is 7.46. The molecule has 8 heteroatoms. The third-order valence-electron chi connectivity index (χ3n) is 7.10. The number of halogens is 1. The van der Waals surface area contributed by atoms with E-state index in [1.165, 1.54) is 0 Å². The average molecular weight is 569 g/mol. The van der Waals surface area contributed by atoms with Crippen LogP contribution in [0.4, 0.5) is 0 Å². The lowest BCUT2D eigenvalue weighted by Crippen LogP contribution is -2.38. The van der Waals surface area contributed by atoms with Gasteiger partial charge in [0.05, 0.1) is 36.8 Å². The lowest BCUT2D eigenvalue weighted by atomic mass is 9.98. The van der Waals surface area contributed by atoms with Crippen molar-refractivity contribution in [3.8, 4) is 5.75 Å². The fourth-order valence-corrected chi connectivity index (χ4v) is 5.54. The number of carbonyl (C=O) groups is 1. The van der Waals surface area contributed by atoms with E-state index in [9.17, 15) is 9.59 Å². The molecule has 1 fully saturated rings. The molecule has 0 spiro atoms. The van der Waals surface area contributed by atoms with Crippen LogP contribution in [0.5, 0.6) is 5.75 Å². The maximum absolute atomic E-state index is 13.8. The predicted molar refractivity (Wildman–Crippen MR) is 146 cm³/mol. The third kappa shape index (κ3) is 5.61. The molecule has 0 aliphatic carbocycles. The molecule has 1 saturated heterocycles. The predicted octanol–water partition coefficient (Wildman–Crippen LogP) is 5.39. The number of fused-ring (bicyclic) bond motifs is 2. The molecule has 1 aromatic heterocycles. The summed E-state index contributed by atoms with van der Waals surface area (Å²) in [5.74, 6) is 0.652. The molecule has 1 unspecified atom stereocenters. The van der Waals surface area contributed by atoms with Gasteiger partial charge in [0.25, 0.3) is 5.91 Å². The van der Waals surface area contributed by atoms with E-state index in [-0.39, 0.29) is 17.1 Å². The normalized spacial score (nSPS) is 17.9. The Labute approximate surface area is 225 Å². The summed E-state index contributed by atoms with van der Waals surface area (Å²) in [6.07, 6.45) is 4.03. The van der Waals surface area contributed by atoms with E-state index in [1.54, 1.807) is 17.0 Å². The Morgan fingerprint density at radius 2 is 1.86 bits per heavy atom. The monoisotopic (exact) mass is 568 g/mol. The molecule has 0 bridgehead atoms. The summed E-state index contributed by atoms with van der Waals surface area (Å²) in [4.78, 5) is 31.6. The number of morpholine rings is 1. The second-order valence-corrected chi connectivity index (χ2v) is 10.6. The number of hydrogen-bond acceptors (Lipinski definition) is 6. The number of unbranched alkanes of at least 4 members (excludes halogenated alkanes) is 2. The first-order valence-electron chi connectivity index (χ1n) is 13.2. The van der Waals surface area contributed by atoms with E-state index in [2.05, 4.69) is 27.8 Å². The van der Waals surface area contributed by atoms with Crippen molar-refractivity contribution in [1.82, 2.24) is 9.80 Å². The molecule has 5 rings (SSSR count). The number of benzene rings is 2. The van der Waals surface area contributed by atoms with Crippen molar-refractivity contribution in [3.05, 3.63) is 74.0 Å². The second kappa shape index (κ2) is 11.8. The Kier molecular flexibility index (Phi) is 8.27. The molecule has 2 aliphatic heterocycles. The molecule has 37 heavy (non-hydrogen) atoms. The Balaban J connectivity index is 1.49. The van der Waals surface area contributed by atoms with Crippen LogP contribution in [0.15, 0.2) is 56.1 Å². The summed E-state index contributed by atoms with van der Waals surface area (Å²) < 4.78 is 18.3. The maximum atomic E-state index is 13.8. The lowest BCUT2D eigenvalue weighted by molar-refractivity contribution is 0.0353. The number of carbonyl (C=O) groups excluding carboxylic acids is 1. The van der Waals surface area contributed by atoms with Crippen LogP contribution in [0.25, 0.3) is 11.0 Å². The number of amides is 1. The van der Waals surface area contributed by atoms with Crippen molar-refractivity contribution in [2.45, 2.75) is 38.6 Å². The minimum atomic E-state index is -0.522. The SMILES string of the molecule is CCCCCOc1cccc(C2c3c(oc4ccc(Br)cc4c3=O)C(=O)N2CCCN2CCOCC2)c1. The molecule has 0 radical (unpaired) electrons. The highest BCUT2D eigenvalue weighted by molar-refractivity contribution is 9.10. The van der Waals surface area contributed by atoms with Crippen molar-refractivity contribution in [2.75, 3.05) is 46.0 Å². The van der Waals surface area contributed by atoms with Gasteiger partial charge in [0.1, 0.15) is 11.3 Å². The van der Waals surface area contributed by atoms with E-state index in [4.69, 9.17) is 13.9 Å². The highest BCUT2D eigenvalue weighted by atomic mass is 79.9. The van der Waals surface area contributed by atoms with Gasteiger partial charge in [-0.2, -0.15) is 0 Å². The van der Waals surface area contributed by atoms with Gasteiger partial charge in [-0.1, -0.05) is 47.8 Å². The molecular formula is C29H33BrN2O5. The van der Waals surface area contributed by atoms with E-state index >= 15 is 0 Å². The first kappa shape index (κ1) is 25.9. The van der Waals surface area contributed by atoms with E-state index in [0.29, 0.717) is 29.7 Å². The molecule has 196 valence electrons. The van der Waals surface area contributed by atoms with Crippen LogP contribution in [0.2, 0.25) is 0 Å². The maximum Gasteiger partial charge on any atom is 0.290 e. The Morgan fingerprint density at radius 3 is 2.68 bits per heavy atom. The minimum Gasteiger partial charge on any atom is -0.494 e. The van der Waals surface area contributed by atoms with Crippen LogP contribution in [0.3, 0.4) is 0 Å². The van der Waals surface area contributed by atoms with E-state index < -0.39 is 6.04 Å². The third-order valence-corrected chi connectivity index (χ3v) is 7.59. The van der Waals surface area contributed by atoms with Crippen molar-refractivity contribution in [2.24, 2.45) is 0 Å². The van der Waals surface area contributed by atoms with E-state index in [0.717, 1.165) is 74.3 Å². The molecular weight excluding hydrogens is 536 g/mol. The van der Waals surface area contributed by atoms with Crippen LogP contribution in [0, 0.1) is 0 Å². The van der Waals surface area contributed by atoms with Crippen LogP contribution in [-0.2, 0) is 4.74 Å². The van der Waals surface area contributed by atoms with Gasteiger partial charge in [-0.05, 0) is 48.7 Å². The van der Waals surface area contributed by atoms with Gasteiger partial charge < -0.3 is 18.8 Å². The summed E-state index contributed by atoms with van der Waals surface area (Å²) in [6, 6.07) is 12.6. The van der Waals surface area contributed by atoms with Gasteiger partial charge in [0.15, 0.2) is 5.43 Å². The fraction of sp³-hybridized carbons (Fsp3) is 0.448.